The Labute approximate surface area is 146 Å². The third-order valence-electron chi connectivity index (χ3n) is 4.06. The fourth-order valence-electron chi connectivity index (χ4n) is 2.85. The summed E-state index contributed by atoms with van der Waals surface area (Å²) in [6, 6.07) is 0.130. The Morgan fingerprint density at radius 2 is 2.30 bits per heavy atom. The summed E-state index contributed by atoms with van der Waals surface area (Å²) in [4.78, 5) is 13.2. The van der Waals surface area contributed by atoms with E-state index in [1.165, 1.54) is 18.4 Å². The van der Waals surface area contributed by atoms with Crippen molar-refractivity contribution in [3.05, 3.63) is 16.0 Å². The Kier molecular flexibility index (Phi) is 6.38. The van der Waals surface area contributed by atoms with Gasteiger partial charge in [0.05, 0.1) is 24.8 Å². The van der Waals surface area contributed by atoms with Crippen molar-refractivity contribution in [1.29, 1.82) is 0 Å². The van der Waals surface area contributed by atoms with Gasteiger partial charge in [0.25, 0.3) is 0 Å². The maximum absolute atomic E-state index is 12.1. The fraction of sp³-hybridized carbons (Fsp3) is 0.625. The normalized spacial score (nSPS) is 18.5. The summed E-state index contributed by atoms with van der Waals surface area (Å²) in [6.07, 6.45) is 3.10. The summed E-state index contributed by atoms with van der Waals surface area (Å²) in [5.41, 5.74) is 1.60. The van der Waals surface area contributed by atoms with E-state index >= 15 is 0 Å². The van der Waals surface area contributed by atoms with Gasteiger partial charge in [-0.05, 0) is 50.9 Å². The number of thiocarbonyl (C=S) groups is 1. The SMILES string of the molecule is CCc1c(C)sc(NC(=S)N[C@H](C)[C@@H]2CCCO2)c1C(=O)OC. The molecular formula is C16H24N2O3S2. The van der Waals surface area contributed by atoms with Crippen molar-refractivity contribution in [3.63, 3.8) is 0 Å². The smallest absolute Gasteiger partial charge is 0.341 e. The van der Waals surface area contributed by atoms with Crippen molar-refractivity contribution in [2.24, 2.45) is 0 Å². The minimum atomic E-state index is -0.330. The molecule has 23 heavy (non-hydrogen) atoms. The summed E-state index contributed by atoms with van der Waals surface area (Å²) < 4.78 is 10.6. The molecule has 2 heterocycles. The lowest BCUT2D eigenvalue weighted by Gasteiger charge is -2.21. The second kappa shape index (κ2) is 8.08. The van der Waals surface area contributed by atoms with E-state index in [1.54, 1.807) is 0 Å². The molecule has 2 atom stereocenters. The first kappa shape index (κ1) is 18.2. The highest BCUT2D eigenvalue weighted by atomic mass is 32.1. The minimum absolute atomic E-state index is 0.130. The molecule has 0 aliphatic carbocycles. The van der Waals surface area contributed by atoms with Crippen LogP contribution in [0, 0.1) is 6.92 Å². The van der Waals surface area contributed by atoms with Gasteiger partial charge < -0.3 is 20.1 Å². The Balaban J connectivity index is 2.09. The number of hydrogen-bond donors (Lipinski definition) is 2. The predicted octanol–water partition coefficient (Wildman–Crippen LogP) is 3.26. The third-order valence-corrected chi connectivity index (χ3v) is 5.34. The molecule has 2 N–H and O–H groups in total. The number of ether oxygens (including phenoxy) is 2. The quantitative estimate of drug-likeness (QED) is 0.624. The van der Waals surface area contributed by atoms with Gasteiger partial charge in [0.15, 0.2) is 5.11 Å². The number of thiophene rings is 1. The van der Waals surface area contributed by atoms with Crippen LogP contribution in [-0.2, 0) is 15.9 Å². The summed E-state index contributed by atoms with van der Waals surface area (Å²) in [5, 5.41) is 7.65. The van der Waals surface area contributed by atoms with Crippen molar-refractivity contribution in [2.45, 2.75) is 52.2 Å². The number of carbonyl (C=O) groups is 1. The number of aryl methyl sites for hydroxylation is 1. The first-order valence-electron chi connectivity index (χ1n) is 7.87. The van der Waals surface area contributed by atoms with E-state index in [9.17, 15) is 4.79 Å². The molecule has 0 bridgehead atoms. The Morgan fingerprint density at radius 3 is 2.87 bits per heavy atom. The summed E-state index contributed by atoms with van der Waals surface area (Å²) in [6.45, 7) is 6.91. The van der Waals surface area contributed by atoms with Crippen LogP contribution in [-0.4, -0.2) is 36.9 Å². The molecule has 0 amide bonds. The maximum atomic E-state index is 12.1. The van der Waals surface area contributed by atoms with Gasteiger partial charge in [-0.25, -0.2) is 4.79 Å². The molecule has 1 fully saturated rings. The Bertz CT molecular complexity index is 580. The lowest BCUT2D eigenvalue weighted by Crippen LogP contribution is -2.42. The zero-order valence-electron chi connectivity index (χ0n) is 14.0. The number of methoxy groups -OCH3 is 1. The van der Waals surface area contributed by atoms with E-state index in [4.69, 9.17) is 21.7 Å². The van der Waals surface area contributed by atoms with Gasteiger partial charge in [0, 0.05) is 11.5 Å². The molecular weight excluding hydrogens is 332 g/mol. The Morgan fingerprint density at radius 1 is 1.57 bits per heavy atom. The molecule has 0 aromatic carbocycles. The van der Waals surface area contributed by atoms with E-state index < -0.39 is 0 Å². The molecule has 0 spiro atoms. The molecule has 7 heteroatoms. The van der Waals surface area contributed by atoms with Crippen LogP contribution in [0.3, 0.4) is 0 Å². The van der Waals surface area contributed by atoms with Crippen molar-refractivity contribution < 1.29 is 14.3 Å². The first-order chi connectivity index (χ1) is 11.0. The highest BCUT2D eigenvalue weighted by Crippen LogP contribution is 2.34. The molecule has 1 saturated heterocycles. The van der Waals surface area contributed by atoms with Crippen LogP contribution in [0.2, 0.25) is 0 Å². The highest BCUT2D eigenvalue weighted by molar-refractivity contribution is 7.80. The molecule has 0 saturated carbocycles. The molecule has 1 aliphatic heterocycles. The minimum Gasteiger partial charge on any atom is -0.465 e. The van der Waals surface area contributed by atoms with E-state index in [-0.39, 0.29) is 18.1 Å². The van der Waals surface area contributed by atoms with Gasteiger partial charge in [0.2, 0.25) is 0 Å². The zero-order chi connectivity index (χ0) is 17.0. The maximum Gasteiger partial charge on any atom is 0.341 e. The molecule has 128 valence electrons. The predicted molar refractivity (Wildman–Crippen MR) is 97.6 cm³/mol. The van der Waals surface area contributed by atoms with Crippen molar-refractivity contribution in [2.75, 3.05) is 19.0 Å². The van der Waals surface area contributed by atoms with Crippen molar-refractivity contribution >= 4 is 39.6 Å². The van der Waals surface area contributed by atoms with E-state index in [0.29, 0.717) is 10.7 Å². The van der Waals surface area contributed by atoms with Gasteiger partial charge in [0.1, 0.15) is 5.00 Å². The number of esters is 1. The molecule has 0 radical (unpaired) electrons. The van der Waals surface area contributed by atoms with Gasteiger partial charge in [-0.2, -0.15) is 0 Å². The summed E-state index contributed by atoms with van der Waals surface area (Å²) in [5.74, 6) is -0.330. The van der Waals surface area contributed by atoms with E-state index in [2.05, 4.69) is 17.6 Å². The van der Waals surface area contributed by atoms with Crippen LogP contribution in [0.5, 0.6) is 0 Å². The lowest BCUT2D eigenvalue weighted by molar-refractivity contribution is 0.0601. The van der Waals surface area contributed by atoms with Crippen LogP contribution in [0.15, 0.2) is 0 Å². The molecule has 0 unspecified atom stereocenters. The number of anilines is 1. The fourth-order valence-corrected chi connectivity index (χ4v) is 4.34. The number of nitrogens with one attached hydrogen (secondary N) is 2. The number of rotatable bonds is 5. The second-order valence-electron chi connectivity index (χ2n) is 5.62. The van der Waals surface area contributed by atoms with Gasteiger partial charge in [-0.3, -0.25) is 0 Å². The van der Waals surface area contributed by atoms with Crippen LogP contribution in [0.1, 0.15) is 47.5 Å². The summed E-state index contributed by atoms with van der Waals surface area (Å²) in [7, 11) is 1.40. The van der Waals surface area contributed by atoms with Crippen LogP contribution in [0.25, 0.3) is 0 Å². The standard InChI is InChI=1S/C16H24N2O3S2/c1-5-11-10(3)23-14(13(11)15(19)20-4)18-16(22)17-9(2)12-7-6-8-21-12/h9,12H,5-8H2,1-4H3,(H2,17,18,22)/t9-,12+/m1/s1. The van der Waals surface area contributed by atoms with Crippen molar-refractivity contribution in [1.82, 2.24) is 5.32 Å². The van der Waals surface area contributed by atoms with E-state index in [0.717, 1.165) is 41.3 Å². The highest BCUT2D eigenvalue weighted by Gasteiger charge is 2.25. The van der Waals surface area contributed by atoms with Gasteiger partial charge in [-0.15, -0.1) is 11.3 Å². The van der Waals surface area contributed by atoms with Crippen molar-refractivity contribution in [3.8, 4) is 0 Å². The van der Waals surface area contributed by atoms with Gasteiger partial charge in [-0.1, -0.05) is 6.92 Å². The lowest BCUT2D eigenvalue weighted by atomic mass is 10.1. The van der Waals surface area contributed by atoms with E-state index in [1.807, 2.05) is 13.8 Å². The van der Waals surface area contributed by atoms with Crippen LogP contribution < -0.4 is 10.6 Å². The first-order valence-corrected chi connectivity index (χ1v) is 9.10. The molecule has 2 rings (SSSR count). The average molecular weight is 357 g/mol. The van der Waals surface area contributed by atoms with Gasteiger partial charge >= 0.3 is 5.97 Å². The largest absolute Gasteiger partial charge is 0.465 e. The molecule has 1 aromatic rings. The Hall–Kier alpha value is -1.18. The molecule has 5 nitrogen and oxygen atoms in total. The monoisotopic (exact) mass is 356 g/mol. The number of hydrogen-bond acceptors (Lipinski definition) is 5. The topological polar surface area (TPSA) is 59.6 Å². The molecule has 1 aliphatic rings. The average Bonchev–Trinajstić information content (AvgIpc) is 3.14. The number of carbonyl (C=O) groups excluding carboxylic acids is 1. The van der Waals surface area contributed by atoms with Crippen LogP contribution >= 0.6 is 23.6 Å². The zero-order valence-corrected chi connectivity index (χ0v) is 15.7. The molecule has 1 aromatic heterocycles. The third kappa shape index (κ3) is 4.22. The van der Waals surface area contributed by atoms with Crippen LogP contribution in [0.4, 0.5) is 5.00 Å². The second-order valence-corrected chi connectivity index (χ2v) is 7.26. The summed E-state index contributed by atoms with van der Waals surface area (Å²) >= 11 is 6.92.